The van der Waals surface area contributed by atoms with E-state index in [0.29, 0.717) is 6.54 Å². The van der Waals surface area contributed by atoms with E-state index < -0.39 is 22.8 Å². The maximum atomic E-state index is 12.1. The molecule has 1 amide bonds. The van der Waals surface area contributed by atoms with Gasteiger partial charge in [0.15, 0.2) is 17.3 Å². The fourth-order valence-electron chi connectivity index (χ4n) is 1.38. The van der Waals surface area contributed by atoms with Gasteiger partial charge in [0, 0.05) is 12.0 Å². The lowest BCUT2D eigenvalue weighted by Gasteiger charge is -2.14. The van der Waals surface area contributed by atoms with Crippen molar-refractivity contribution in [3.05, 3.63) is 9.75 Å². The summed E-state index contributed by atoms with van der Waals surface area (Å²) in [6.07, 6.45) is 0.762. The highest BCUT2D eigenvalue weighted by Gasteiger charge is 2.31. The van der Waals surface area contributed by atoms with Crippen LogP contribution in [-0.2, 0) is 0 Å². The first-order chi connectivity index (χ1) is 8.70. The van der Waals surface area contributed by atoms with E-state index in [1.54, 1.807) is 20.8 Å². The van der Waals surface area contributed by atoms with Crippen molar-refractivity contribution >= 4 is 23.0 Å². The molecule has 1 aromatic heterocycles. The number of ketones is 1. The molecule has 0 atom stereocenters. The largest absolute Gasteiger partial charge is 0.503 e. The number of aromatic hydroxyl groups is 2. The molecule has 3 N–H and O–H groups in total. The van der Waals surface area contributed by atoms with Crippen molar-refractivity contribution in [2.24, 2.45) is 5.41 Å². The van der Waals surface area contributed by atoms with E-state index in [-0.39, 0.29) is 15.5 Å². The molecule has 0 aliphatic rings. The Morgan fingerprint density at radius 2 is 1.68 bits per heavy atom. The zero-order chi connectivity index (χ0) is 14.8. The van der Waals surface area contributed by atoms with Gasteiger partial charge < -0.3 is 15.5 Å². The van der Waals surface area contributed by atoms with Crippen LogP contribution in [0.15, 0.2) is 0 Å². The van der Waals surface area contributed by atoms with Gasteiger partial charge in [0.2, 0.25) is 0 Å². The number of hydrogen-bond donors (Lipinski definition) is 3. The van der Waals surface area contributed by atoms with Crippen LogP contribution in [-0.4, -0.2) is 28.4 Å². The Balaban J connectivity index is 3.13. The molecule has 0 saturated heterocycles. The normalized spacial score (nSPS) is 11.4. The van der Waals surface area contributed by atoms with Crippen molar-refractivity contribution in [1.29, 1.82) is 0 Å². The fourth-order valence-corrected chi connectivity index (χ4v) is 2.54. The van der Waals surface area contributed by atoms with Gasteiger partial charge in [-0.15, -0.1) is 11.3 Å². The first-order valence-electron chi connectivity index (χ1n) is 6.07. The monoisotopic (exact) mass is 285 g/mol. The Kier molecular flexibility index (Phi) is 4.57. The molecule has 106 valence electrons. The lowest BCUT2D eigenvalue weighted by Crippen LogP contribution is -2.23. The van der Waals surface area contributed by atoms with Crippen LogP contribution in [0.5, 0.6) is 11.5 Å². The third-order valence-electron chi connectivity index (χ3n) is 2.49. The van der Waals surface area contributed by atoms with Gasteiger partial charge in [0.25, 0.3) is 5.91 Å². The van der Waals surface area contributed by atoms with E-state index >= 15 is 0 Å². The molecule has 0 unspecified atom stereocenters. The maximum absolute atomic E-state index is 12.1. The second-order valence-electron chi connectivity index (χ2n) is 5.29. The third kappa shape index (κ3) is 3.26. The van der Waals surface area contributed by atoms with Crippen molar-refractivity contribution in [2.75, 3.05) is 6.54 Å². The number of Topliss-reactive ketones (excluding diaryl/α,β-unsaturated/α-hetero) is 1. The van der Waals surface area contributed by atoms with Crippen molar-refractivity contribution in [3.63, 3.8) is 0 Å². The minimum Gasteiger partial charge on any atom is -0.503 e. The van der Waals surface area contributed by atoms with Crippen molar-refractivity contribution < 1.29 is 19.8 Å². The molecule has 0 fully saturated rings. The molecule has 5 nitrogen and oxygen atoms in total. The molecule has 0 radical (unpaired) electrons. The Morgan fingerprint density at radius 1 is 1.16 bits per heavy atom. The fraction of sp³-hybridized carbons (Fsp3) is 0.538. The van der Waals surface area contributed by atoms with Gasteiger partial charge in [-0.1, -0.05) is 27.7 Å². The summed E-state index contributed by atoms with van der Waals surface area (Å²) in [4.78, 5) is 23.9. The van der Waals surface area contributed by atoms with Gasteiger partial charge >= 0.3 is 0 Å². The summed E-state index contributed by atoms with van der Waals surface area (Å²) >= 11 is 0.818. The van der Waals surface area contributed by atoms with Gasteiger partial charge in [-0.25, -0.2) is 0 Å². The molecule has 1 aromatic rings. The highest BCUT2D eigenvalue weighted by molar-refractivity contribution is 7.16. The van der Waals surface area contributed by atoms with E-state index in [1.165, 1.54) is 0 Å². The summed E-state index contributed by atoms with van der Waals surface area (Å²) < 4.78 is 0. The number of rotatable bonds is 4. The summed E-state index contributed by atoms with van der Waals surface area (Å²) in [6, 6.07) is 0. The zero-order valence-corrected chi connectivity index (χ0v) is 12.3. The molecule has 6 heteroatoms. The molecule has 0 bridgehead atoms. The second kappa shape index (κ2) is 5.61. The van der Waals surface area contributed by atoms with Crippen LogP contribution in [0, 0.1) is 5.41 Å². The van der Waals surface area contributed by atoms with Crippen LogP contribution in [0.25, 0.3) is 0 Å². The Bertz CT molecular complexity index is 499. The van der Waals surface area contributed by atoms with Crippen molar-refractivity contribution in [2.45, 2.75) is 34.1 Å². The molecule has 1 heterocycles. The predicted molar refractivity (Wildman–Crippen MR) is 74.1 cm³/mol. The minimum atomic E-state index is -0.689. The first-order valence-corrected chi connectivity index (χ1v) is 6.89. The molecular formula is C13H19NO4S. The number of nitrogens with one attached hydrogen (secondary N) is 1. The van der Waals surface area contributed by atoms with E-state index in [4.69, 9.17) is 0 Å². The standard InChI is InChI=1S/C13H19NO4S/c1-5-6-14-12(18)10-8(16)7(15)9(19-10)11(17)13(2,3)4/h15-16H,5-6H2,1-4H3,(H,14,18). The third-order valence-corrected chi connectivity index (χ3v) is 3.65. The second-order valence-corrected chi connectivity index (χ2v) is 6.31. The molecule has 0 aromatic carbocycles. The zero-order valence-electron chi connectivity index (χ0n) is 11.5. The number of thiophene rings is 1. The molecule has 0 aliphatic carbocycles. The molecular weight excluding hydrogens is 266 g/mol. The topological polar surface area (TPSA) is 86.6 Å². The predicted octanol–water partition coefficient (Wildman–Crippen LogP) is 2.53. The molecule has 0 spiro atoms. The van der Waals surface area contributed by atoms with Gasteiger partial charge in [0.1, 0.15) is 9.75 Å². The van der Waals surface area contributed by atoms with E-state index in [1.807, 2.05) is 6.92 Å². The van der Waals surface area contributed by atoms with Gasteiger partial charge in [0.05, 0.1) is 0 Å². The lowest BCUT2D eigenvalue weighted by molar-refractivity contribution is 0.0859. The van der Waals surface area contributed by atoms with Crippen molar-refractivity contribution in [3.8, 4) is 11.5 Å². The summed E-state index contributed by atoms with van der Waals surface area (Å²) in [5.41, 5.74) is -0.689. The first kappa shape index (κ1) is 15.5. The maximum Gasteiger partial charge on any atom is 0.265 e. The smallest absolute Gasteiger partial charge is 0.265 e. The number of amides is 1. The van der Waals surface area contributed by atoms with Crippen LogP contribution in [0.1, 0.15) is 53.5 Å². The highest BCUT2D eigenvalue weighted by atomic mass is 32.1. The van der Waals surface area contributed by atoms with Crippen LogP contribution in [0.3, 0.4) is 0 Å². The SMILES string of the molecule is CCCNC(=O)c1sc(C(=O)C(C)(C)C)c(O)c1O. The summed E-state index contributed by atoms with van der Waals surface area (Å²) in [5, 5.41) is 22.1. The Morgan fingerprint density at radius 3 is 2.16 bits per heavy atom. The van der Waals surface area contributed by atoms with Gasteiger partial charge in [-0.3, -0.25) is 9.59 Å². The quantitative estimate of drug-likeness (QED) is 0.742. The Labute approximate surface area is 116 Å². The van der Waals surface area contributed by atoms with E-state index in [2.05, 4.69) is 5.32 Å². The Hall–Kier alpha value is -1.56. The summed E-state index contributed by atoms with van der Waals surface area (Å²) in [6.45, 7) is 7.51. The van der Waals surface area contributed by atoms with Crippen molar-refractivity contribution in [1.82, 2.24) is 5.32 Å². The number of hydrogen-bond acceptors (Lipinski definition) is 5. The summed E-state index contributed by atoms with van der Waals surface area (Å²) in [7, 11) is 0. The lowest BCUT2D eigenvalue weighted by atomic mass is 9.90. The minimum absolute atomic E-state index is 0.0200. The highest BCUT2D eigenvalue weighted by Crippen LogP contribution is 2.42. The average molecular weight is 285 g/mol. The molecule has 19 heavy (non-hydrogen) atoms. The number of carbonyl (C=O) groups excluding carboxylic acids is 2. The van der Waals surface area contributed by atoms with Crippen LogP contribution < -0.4 is 5.32 Å². The van der Waals surface area contributed by atoms with Gasteiger partial charge in [-0.05, 0) is 6.42 Å². The van der Waals surface area contributed by atoms with Crippen LogP contribution >= 0.6 is 11.3 Å². The van der Waals surface area contributed by atoms with E-state index in [0.717, 1.165) is 17.8 Å². The molecule has 0 saturated carbocycles. The average Bonchev–Trinajstić information content (AvgIpc) is 2.61. The molecule has 1 rings (SSSR count). The van der Waals surface area contributed by atoms with Gasteiger partial charge in [-0.2, -0.15) is 0 Å². The number of carbonyl (C=O) groups is 2. The summed E-state index contributed by atoms with van der Waals surface area (Å²) in [5.74, 6) is -1.81. The van der Waals surface area contributed by atoms with E-state index in [9.17, 15) is 19.8 Å². The molecule has 0 aliphatic heterocycles. The van der Waals surface area contributed by atoms with Crippen LogP contribution in [0.2, 0.25) is 0 Å². The van der Waals surface area contributed by atoms with Crippen LogP contribution in [0.4, 0.5) is 0 Å².